The van der Waals surface area contributed by atoms with Crippen molar-refractivity contribution in [3.8, 4) is 22.9 Å². The van der Waals surface area contributed by atoms with Gasteiger partial charge < -0.3 is 15.2 Å². The summed E-state index contributed by atoms with van der Waals surface area (Å²) in [5, 5.41) is 16.1. The lowest BCUT2D eigenvalue weighted by Crippen LogP contribution is -2.33. The first-order valence-corrected chi connectivity index (χ1v) is 9.44. The third kappa shape index (κ3) is 5.60. The van der Waals surface area contributed by atoms with E-state index in [1.165, 1.54) is 18.3 Å². The fraction of sp³-hybridized carbons (Fsp3) is 0.286. The van der Waals surface area contributed by atoms with Gasteiger partial charge in [0, 0.05) is 32.1 Å². The van der Waals surface area contributed by atoms with Gasteiger partial charge in [0.25, 0.3) is 5.91 Å². The summed E-state index contributed by atoms with van der Waals surface area (Å²) in [6.45, 7) is 1.71. The van der Waals surface area contributed by atoms with Crippen LogP contribution in [0.5, 0.6) is 11.6 Å². The Morgan fingerprint density at radius 1 is 1.26 bits per heavy atom. The summed E-state index contributed by atoms with van der Waals surface area (Å²) in [5.41, 5.74) is 0.352. The molecule has 1 aromatic carbocycles. The minimum Gasteiger partial charge on any atom is -0.438 e. The number of nitrogens with zero attached hydrogens (tertiary/aromatic N) is 3. The second-order valence-electron chi connectivity index (χ2n) is 6.96. The zero-order valence-electron chi connectivity index (χ0n) is 16.8. The number of nitrogens with one attached hydrogen (secondary N) is 1. The van der Waals surface area contributed by atoms with E-state index in [4.69, 9.17) is 9.84 Å². The van der Waals surface area contributed by atoms with E-state index in [9.17, 15) is 18.0 Å². The summed E-state index contributed by atoms with van der Waals surface area (Å²) in [7, 11) is 1.72. The number of aryl methyl sites for hydroxylation is 1. The fourth-order valence-electron chi connectivity index (χ4n) is 2.80. The SMILES string of the molecule is C[C@H](CCO)NC(=O)c1cnc(Oc2ccc(C(F)(F)F)cc2)c(-c2ccn(C)n2)c1. The van der Waals surface area contributed by atoms with E-state index in [-0.39, 0.29) is 35.7 Å². The second-order valence-corrected chi connectivity index (χ2v) is 6.96. The molecule has 1 amide bonds. The number of ether oxygens (including phenoxy) is 1. The standard InChI is InChI=1S/C21H21F3N4O3/c1-13(8-10-29)26-19(30)14-11-17(18-7-9-28(2)27-18)20(25-12-14)31-16-5-3-15(4-6-16)21(22,23)24/h3-7,9,11-13,29H,8,10H2,1-2H3,(H,26,30)/t13-/m1/s1. The Labute approximate surface area is 176 Å². The van der Waals surface area contributed by atoms with Crippen LogP contribution in [-0.4, -0.2) is 38.4 Å². The fourth-order valence-corrected chi connectivity index (χ4v) is 2.80. The van der Waals surface area contributed by atoms with Crippen molar-refractivity contribution in [3.63, 3.8) is 0 Å². The van der Waals surface area contributed by atoms with Gasteiger partial charge in [-0.05, 0) is 49.7 Å². The average molecular weight is 434 g/mol. The van der Waals surface area contributed by atoms with E-state index in [1.54, 1.807) is 37.0 Å². The van der Waals surface area contributed by atoms with E-state index in [0.717, 1.165) is 12.1 Å². The van der Waals surface area contributed by atoms with E-state index >= 15 is 0 Å². The molecule has 3 aromatic rings. The van der Waals surface area contributed by atoms with Gasteiger partial charge >= 0.3 is 6.18 Å². The van der Waals surface area contributed by atoms with Gasteiger partial charge in [-0.25, -0.2) is 4.98 Å². The van der Waals surface area contributed by atoms with Gasteiger partial charge in [-0.3, -0.25) is 9.48 Å². The minimum atomic E-state index is -4.45. The molecule has 0 unspecified atom stereocenters. The van der Waals surface area contributed by atoms with Crippen molar-refractivity contribution in [2.24, 2.45) is 7.05 Å². The van der Waals surface area contributed by atoms with Crippen molar-refractivity contribution in [1.29, 1.82) is 0 Å². The van der Waals surface area contributed by atoms with Gasteiger partial charge in [0.15, 0.2) is 0 Å². The minimum absolute atomic E-state index is 0.0568. The third-order valence-electron chi connectivity index (χ3n) is 4.44. The van der Waals surface area contributed by atoms with Crippen molar-refractivity contribution in [2.75, 3.05) is 6.61 Å². The molecule has 0 spiro atoms. The summed E-state index contributed by atoms with van der Waals surface area (Å²) >= 11 is 0. The molecule has 0 aliphatic rings. The van der Waals surface area contributed by atoms with Crippen LogP contribution in [0.4, 0.5) is 13.2 Å². The number of amides is 1. The summed E-state index contributed by atoms with van der Waals surface area (Å²) in [5.74, 6) is -0.128. The molecular weight excluding hydrogens is 413 g/mol. The monoisotopic (exact) mass is 434 g/mol. The number of aliphatic hydroxyl groups is 1. The predicted molar refractivity (Wildman–Crippen MR) is 107 cm³/mol. The van der Waals surface area contributed by atoms with Crippen molar-refractivity contribution in [3.05, 3.63) is 59.9 Å². The number of hydrogen-bond donors (Lipinski definition) is 2. The highest BCUT2D eigenvalue weighted by Crippen LogP contribution is 2.34. The van der Waals surface area contributed by atoms with Crippen LogP contribution in [0.2, 0.25) is 0 Å². The molecule has 0 aliphatic carbocycles. The predicted octanol–water partition coefficient (Wildman–Crippen LogP) is 3.79. The van der Waals surface area contributed by atoms with Gasteiger partial charge in [0.05, 0.1) is 22.4 Å². The van der Waals surface area contributed by atoms with Crippen molar-refractivity contribution < 1.29 is 27.8 Å². The smallest absolute Gasteiger partial charge is 0.416 e. The molecule has 3 rings (SSSR count). The second kappa shape index (κ2) is 9.17. The summed E-state index contributed by atoms with van der Waals surface area (Å²) in [4.78, 5) is 16.7. The van der Waals surface area contributed by atoms with Crippen LogP contribution in [0.1, 0.15) is 29.3 Å². The molecule has 1 atom stereocenters. The number of pyridine rings is 1. The number of carbonyl (C=O) groups excluding carboxylic acids is 1. The molecule has 2 aromatic heterocycles. The molecular formula is C21H21F3N4O3. The number of halogens is 3. The Morgan fingerprint density at radius 3 is 2.55 bits per heavy atom. The van der Waals surface area contributed by atoms with Crippen molar-refractivity contribution in [2.45, 2.75) is 25.6 Å². The number of carbonyl (C=O) groups is 1. The van der Waals surface area contributed by atoms with Crippen LogP contribution >= 0.6 is 0 Å². The van der Waals surface area contributed by atoms with Crippen LogP contribution in [-0.2, 0) is 13.2 Å². The summed E-state index contributed by atoms with van der Waals surface area (Å²) < 4.78 is 45.6. The van der Waals surface area contributed by atoms with E-state index < -0.39 is 11.7 Å². The van der Waals surface area contributed by atoms with Gasteiger partial charge in [-0.2, -0.15) is 18.3 Å². The molecule has 0 aliphatic heterocycles. The first-order valence-electron chi connectivity index (χ1n) is 9.44. The Bertz CT molecular complexity index is 1050. The Hall–Kier alpha value is -3.40. The number of hydrogen-bond acceptors (Lipinski definition) is 5. The zero-order valence-corrected chi connectivity index (χ0v) is 16.8. The lowest BCUT2D eigenvalue weighted by atomic mass is 10.1. The number of benzene rings is 1. The molecule has 2 heterocycles. The summed E-state index contributed by atoms with van der Waals surface area (Å²) in [6.07, 6.45) is -1.03. The third-order valence-corrected chi connectivity index (χ3v) is 4.44. The number of alkyl halides is 3. The Morgan fingerprint density at radius 2 is 1.97 bits per heavy atom. The molecule has 0 fully saturated rings. The van der Waals surface area contributed by atoms with Crippen molar-refractivity contribution >= 4 is 5.91 Å². The van der Waals surface area contributed by atoms with Crippen LogP contribution in [0.15, 0.2) is 48.8 Å². The van der Waals surface area contributed by atoms with E-state index in [2.05, 4.69) is 15.4 Å². The highest BCUT2D eigenvalue weighted by atomic mass is 19.4. The van der Waals surface area contributed by atoms with Crippen LogP contribution in [0, 0.1) is 0 Å². The maximum absolute atomic E-state index is 12.8. The van der Waals surface area contributed by atoms with Crippen LogP contribution in [0.3, 0.4) is 0 Å². The number of aliphatic hydroxyl groups excluding tert-OH is 1. The molecule has 31 heavy (non-hydrogen) atoms. The topological polar surface area (TPSA) is 89.3 Å². The largest absolute Gasteiger partial charge is 0.438 e. The maximum Gasteiger partial charge on any atom is 0.416 e. The van der Waals surface area contributed by atoms with Gasteiger partial charge in [-0.15, -0.1) is 0 Å². The molecule has 0 saturated carbocycles. The van der Waals surface area contributed by atoms with Crippen LogP contribution < -0.4 is 10.1 Å². The van der Waals surface area contributed by atoms with Gasteiger partial charge in [0.2, 0.25) is 5.88 Å². The molecule has 2 N–H and O–H groups in total. The molecule has 0 saturated heterocycles. The van der Waals surface area contributed by atoms with Crippen molar-refractivity contribution in [1.82, 2.24) is 20.1 Å². The Kier molecular flexibility index (Phi) is 6.59. The normalized spacial score (nSPS) is 12.5. The number of aromatic nitrogens is 3. The molecule has 0 bridgehead atoms. The molecule has 164 valence electrons. The Balaban J connectivity index is 1.91. The molecule has 10 heteroatoms. The van der Waals surface area contributed by atoms with Gasteiger partial charge in [-0.1, -0.05) is 0 Å². The lowest BCUT2D eigenvalue weighted by molar-refractivity contribution is -0.137. The lowest BCUT2D eigenvalue weighted by Gasteiger charge is -2.14. The first kappa shape index (κ1) is 22.3. The van der Waals surface area contributed by atoms with Crippen LogP contribution in [0.25, 0.3) is 11.3 Å². The quantitative estimate of drug-likeness (QED) is 0.591. The highest BCUT2D eigenvalue weighted by Gasteiger charge is 2.30. The number of rotatable bonds is 7. The van der Waals surface area contributed by atoms with E-state index in [0.29, 0.717) is 17.7 Å². The molecule has 7 nitrogen and oxygen atoms in total. The summed E-state index contributed by atoms with van der Waals surface area (Å²) in [6, 6.07) is 7.25. The zero-order chi connectivity index (χ0) is 22.6. The van der Waals surface area contributed by atoms with E-state index in [1.807, 2.05) is 0 Å². The van der Waals surface area contributed by atoms with Gasteiger partial charge in [0.1, 0.15) is 5.75 Å². The average Bonchev–Trinajstić information content (AvgIpc) is 3.14. The molecule has 0 radical (unpaired) electrons. The first-order chi connectivity index (χ1) is 14.7. The highest BCUT2D eigenvalue weighted by molar-refractivity contribution is 5.95. The maximum atomic E-state index is 12.8.